The molecule has 70 valence electrons. The normalized spacial score (nSPS) is 18.5. The number of carboxylic acids is 1. The largest absolute Gasteiger partial charge is 0.481 e. The molecule has 0 spiro atoms. The van der Waals surface area contributed by atoms with E-state index in [0.29, 0.717) is 11.6 Å². The average molecular weight is 181 g/mol. The van der Waals surface area contributed by atoms with E-state index in [-0.39, 0.29) is 0 Å². The summed E-state index contributed by atoms with van der Waals surface area (Å²) in [5, 5.41) is 19.2. The van der Waals surface area contributed by atoms with E-state index in [1.807, 2.05) is 0 Å². The van der Waals surface area contributed by atoms with Gasteiger partial charge in [0, 0.05) is 5.92 Å². The molecule has 5 heteroatoms. The highest BCUT2D eigenvalue weighted by Gasteiger charge is 2.32. The molecular weight excluding hydrogens is 170 g/mol. The fraction of sp³-hybridized carbons (Fsp3) is 0.625. The number of rotatable bonds is 3. The number of H-pyrrole nitrogens is 1. The monoisotopic (exact) mass is 181 g/mol. The molecule has 1 aliphatic carbocycles. The highest BCUT2D eigenvalue weighted by atomic mass is 16.4. The van der Waals surface area contributed by atoms with Crippen LogP contribution in [0.4, 0.5) is 0 Å². The Morgan fingerprint density at radius 2 is 2.31 bits per heavy atom. The molecular formula is C8H11N3O2. The zero-order valence-corrected chi connectivity index (χ0v) is 7.32. The fourth-order valence-corrected chi connectivity index (χ4v) is 1.34. The Kier molecular flexibility index (Phi) is 1.79. The van der Waals surface area contributed by atoms with Crippen molar-refractivity contribution in [1.82, 2.24) is 15.4 Å². The Morgan fingerprint density at radius 1 is 1.62 bits per heavy atom. The van der Waals surface area contributed by atoms with Crippen molar-refractivity contribution in [3.63, 3.8) is 0 Å². The van der Waals surface area contributed by atoms with Gasteiger partial charge in [-0.15, -0.1) is 0 Å². The van der Waals surface area contributed by atoms with Crippen LogP contribution in [0.3, 0.4) is 0 Å². The summed E-state index contributed by atoms with van der Waals surface area (Å²) < 4.78 is 0. The maximum absolute atomic E-state index is 10.7. The summed E-state index contributed by atoms with van der Waals surface area (Å²) in [6.07, 6.45) is 2.21. The smallest absolute Gasteiger partial charge is 0.312 e. The average Bonchev–Trinajstić information content (AvgIpc) is 2.83. The minimum atomic E-state index is -0.851. The zero-order chi connectivity index (χ0) is 9.42. The lowest BCUT2D eigenvalue weighted by molar-refractivity contribution is -0.138. The van der Waals surface area contributed by atoms with Gasteiger partial charge in [0.2, 0.25) is 0 Å². The molecule has 0 aliphatic heterocycles. The molecule has 0 radical (unpaired) electrons. The van der Waals surface area contributed by atoms with E-state index in [4.69, 9.17) is 5.11 Å². The van der Waals surface area contributed by atoms with Crippen molar-refractivity contribution in [3.05, 3.63) is 11.4 Å². The first kappa shape index (κ1) is 8.22. The molecule has 13 heavy (non-hydrogen) atoms. The van der Waals surface area contributed by atoms with Gasteiger partial charge >= 0.3 is 5.97 Å². The molecule has 5 nitrogen and oxygen atoms in total. The summed E-state index contributed by atoms with van der Waals surface area (Å²) in [6, 6.07) is 0. The lowest BCUT2D eigenvalue weighted by Gasteiger charge is -2.02. The number of hydrogen-bond donors (Lipinski definition) is 2. The third kappa shape index (κ3) is 1.41. The van der Waals surface area contributed by atoms with Gasteiger partial charge in [-0.3, -0.25) is 4.79 Å². The maximum Gasteiger partial charge on any atom is 0.312 e. The van der Waals surface area contributed by atoms with Crippen LogP contribution >= 0.6 is 0 Å². The fourth-order valence-electron chi connectivity index (χ4n) is 1.34. The van der Waals surface area contributed by atoms with Crippen molar-refractivity contribution in [2.24, 2.45) is 0 Å². The predicted molar refractivity (Wildman–Crippen MR) is 44.4 cm³/mol. The summed E-state index contributed by atoms with van der Waals surface area (Å²) in [4.78, 5) is 10.7. The van der Waals surface area contributed by atoms with Crippen LogP contribution in [0.2, 0.25) is 0 Å². The first-order valence-corrected chi connectivity index (χ1v) is 4.33. The van der Waals surface area contributed by atoms with Crippen LogP contribution in [0.15, 0.2) is 0 Å². The van der Waals surface area contributed by atoms with Crippen molar-refractivity contribution in [2.45, 2.75) is 31.6 Å². The molecule has 2 rings (SSSR count). The SMILES string of the molecule is CC(C(=O)O)c1n[nH]nc1C1CC1. The molecule has 0 aromatic carbocycles. The third-order valence-corrected chi connectivity index (χ3v) is 2.35. The lowest BCUT2D eigenvalue weighted by Crippen LogP contribution is -2.09. The molecule has 0 bridgehead atoms. The van der Waals surface area contributed by atoms with E-state index in [1.54, 1.807) is 6.92 Å². The molecule has 1 aromatic rings. The van der Waals surface area contributed by atoms with Gasteiger partial charge in [0.1, 0.15) is 0 Å². The Labute approximate surface area is 75.2 Å². The second kappa shape index (κ2) is 2.83. The van der Waals surface area contributed by atoms with Crippen LogP contribution in [-0.2, 0) is 4.79 Å². The number of hydrogen-bond acceptors (Lipinski definition) is 3. The Balaban J connectivity index is 2.27. The lowest BCUT2D eigenvalue weighted by atomic mass is 10.0. The van der Waals surface area contributed by atoms with E-state index >= 15 is 0 Å². The summed E-state index contributed by atoms with van der Waals surface area (Å²) in [5.74, 6) is -0.972. The van der Waals surface area contributed by atoms with Gasteiger partial charge in [-0.2, -0.15) is 15.4 Å². The van der Waals surface area contributed by atoms with Crippen molar-refractivity contribution in [2.75, 3.05) is 0 Å². The number of aromatic nitrogens is 3. The number of aliphatic carboxylic acids is 1. The molecule has 1 saturated carbocycles. The summed E-state index contributed by atoms with van der Waals surface area (Å²) >= 11 is 0. The van der Waals surface area contributed by atoms with Crippen LogP contribution < -0.4 is 0 Å². The van der Waals surface area contributed by atoms with Crippen molar-refractivity contribution in [3.8, 4) is 0 Å². The zero-order valence-electron chi connectivity index (χ0n) is 7.32. The van der Waals surface area contributed by atoms with Crippen molar-refractivity contribution >= 4 is 5.97 Å². The second-order valence-electron chi connectivity index (χ2n) is 3.43. The van der Waals surface area contributed by atoms with E-state index in [1.165, 1.54) is 0 Å². The third-order valence-electron chi connectivity index (χ3n) is 2.35. The molecule has 1 aliphatic rings. The van der Waals surface area contributed by atoms with Gasteiger partial charge in [-0.1, -0.05) is 0 Å². The number of aromatic amines is 1. The highest BCUT2D eigenvalue weighted by Crippen LogP contribution is 2.41. The first-order chi connectivity index (χ1) is 6.20. The topological polar surface area (TPSA) is 78.9 Å². The maximum atomic E-state index is 10.7. The molecule has 1 fully saturated rings. The molecule has 1 aromatic heterocycles. The van der Waals surface area contributed by atoms with Gasteiger partial charge in [-0.25, -0.2) is 0 Å². The molecule has 2 N–H and O–H groups in total. The van der Waals surface area contributed by atoms with Crippen LogP contribution in [0.1, 0.15) is 43.0 Å². The van der Waals surface area contributed by atoms with Crippen LogP contribution in [-0.4, -0.2) is 26.5 Å². The van der Waals surface area contributed by atoms with Gasteiger partial charge in [0.15, 0.2) is 0 Å². The molecule has 0 saturated heterocycles. The van der Waals surface area contributed by atoms with E-state index in [2.05, 4.69) is 15.4 Å². The molecule has 0 amide bonds. The second-order valence-corrected chi connectivity index (χ2v) is 3.43. The van der Waals surface area contributed by atoms with Gasteiger partial charge in [-0.05, 0) is 19.8 Å². The van der Waals surface area contributed by atoms with Crippen LogP contribution in [0, 0.1) is 0 Å². The standard InChI is InChI=1S/C8H11N3O2/c1-4(8(12)13)6-7(5-2-3-5)10-11-9-6/h4-5H,2-3H2,1H3,(H,12,13)(H,9,10,11). The molecule has 1 heterocycles. The van der Waals surface area contributed by atoms with E-state index < -0.39 is 11.9 Å². The summed E-state index contributed by atoms with van der Waals surface area (Å²) in [6.45, 7) is 1.63. The Morgan fingerprint density at radius 3 is 2.85 bits per heavy atom. The quantitative estimate of drug-likeness (QED) is 0.725. The minimum Gasteiger partial charge on any atom is -0.481 e. The van der Waals surface area contributed by atoms with Gasteiger partial charge < -0.3 is 5.11 Å². The van der Waals surface area contributed by atoms with Gasteiger partial charge in [0.05, 0.1) is 17.3 Å². The van der Waals surface area contributed by atoms with Gasteiger partial charge in [0.25, 0.3) is 0 Å². The van der Waals surface area contributed by atoms with Crippen LogP contribution in [0.5, 0.6) is 0 Å². The van der Waals surface area contributed by atoms with Crippen molar-refractivity contribution < 1.29 is 9.90 Å². The molecule has 1 atom stereocenters. The number of carbonyl (C=O) groups is 1. The predicted octanol–water partition coefficient (Wildman–Crippen LogP) is 0.870. The Bertz CT molecular complexity index is 330. The van der Waals surface area contributed by atoms with Crippen molar-refractivity contribution in [1.29, 1.82) is 0 Å². The summed E-state index contributed by atoms with van der Waals surface area (Å²) in [5.41, 5.74) is 1.44. The minimum absolute atomic E-state index is 0.440. The number of nitrogens with one attached hydrogen (secondary N) is 1. The number of carboxylic acid groups (broad SMARTS) is 1. The summed E-state index contributed by atoms with van der Waals surface area (Å²) in [7, 11) is 0. The van der Waals surface area contributed by atoms with E-state index in [0.717, 1.165) is 18.5 Å². The molecule has 1 unspecified atom stereocenters. The van der Waals surface area contributed by atoms with Crippen LogP contribution in [0.25, 0.3) is 0 Å². The first-order valence-electron chi connectivity index (χ1n) is 4.33. The Hall–Kier alpha value is -1.39. The van der Waals surface area contributed by atoms with E-state index in [9.17, 15) is 4.79 Å². The highest BCUT2D eigenvalue weighted by molar-refractivity contribution is 5.75. The number of nitrogens with zero attached hydrogens (tertiary/aromatic N) is 2.